The Morgan fingerprint density at radius 2 is 1.77 bits per heavy atom. The number of nitrogens with zero attached hydrogens (tertiary/aromatic N) is 2. The minimum Gasteiger partial charge on any atom is -0.319 e. The molecular weight excluding hydrogens is 160 g/mol. The highest BCUT2D eigenvalue weighted by atomic mass is 15.5. The van der Waals surface area contributed by atoms with E-state index in [0.29, 0.717) is 0 Å². The maximum absolute atomic E-state index is 2.25. The quantitative estimate of drug-likeness (QED) is 0.643. The summed E-state index contributed by atoms with van der Waals surface area (Å²) in [6.45, 7) is 8.85. The lowest BCUT2D eigenvalue weighted by Crippen LogP contribution is -2.30. The SMILES string of the molecule is Cc1cc(C(C)(C)C)n(N(C)C)c1. The van der Waals surface area contributed by atoms with E-state index < -0.39 is 0 Å². The van der Waals surface area contributed by atoms with Gasteiger partial charge in [-0.25, -0.2) is 0 Å². The van der Waals surface area contributed by atoms with Gasteiger partial charge in [-0.1, -0.05) is 20.8 Å². The molecule has 0 saturated carbocycles. The highest BCUT2D eigenvalue weighted by molar-refractivity contribution is 5.24. The minimum atomic E-state index is 0.207. The first-order valence-electron chi connectivity index (χ1n) is 4.69. The molecule has 1 aromatic heterocycles. The fourth-order valence-electron chi connectivity index (χ4n) is 1.47. The molecule has 0 radical (unpaired) electrons. The van der Waals surface area contributed by atoms with Gasteiger partial charge in [0.05, 0.1) is 0 Å². The molecule has 0 fully saturated rings. The van der Waals surface area contributed by atoms with Gasteiger partial charge in [-0.15, -0.1) is 0 Å². The molecule has 1 rings (SSSR count). The third-order valence-corrected chi connectivity index (χ3v) is 2.14. The topological polar surface area (TPSA) is 8.17 Å². The van der Waals surface area contributed by atoms with Crippen molar-refractivity contribution in [1.29, 1.82) is 0 Å². The average molecular weight is 180 g/mol. The molecule has 2 nitrogen and oxygen atoms in total. The summed E-state index contributed by atoms with van der Waals surface area (Å²) in [5, 5.41) is 2.10. The van der Waals surface area contributed by atoms with Crippen LogP contribution in [0.25, 0.3) is 0 Å². The first kappa shape index (κ1) is 10.2. The monoisotopic (exact) mass is 180 g/mol. The molecule has 0 aliphatic heterocycles. The Balaban J connectivity index is 3.20. The van der Waals surface area contributed by atoms with Crippen molar-refractivity contribution < 1.29 is 0 Å². The summed E-state index contributed by atoms with van der Waals surface area (Å²) in [7, 11) is 4.13. The van der Waals surface area contributed by atoms with Gasteiger partial charge in [-0.3, -0.25) is 4.68 Å². The molecular formula is C11H20N2. The summed E-state index contributed by atoms with van der Waals surface area (Å²) in [4.78, 5) is 0. The van der Waals surface area contributed by atoms with E-state index in [1.54, 1.807) is 0 Å². The van der Waals surface area contributed by atoms with Crippen molar-refractivity contribution in [2.24, 2.45) is 0 Å². The second kappa shape index (κ2) is 3.09. The Labute approximate surface area is 81.1 Å². The van der Waals surface area contributed by atoms with E-state index >= 15 is 0 Å². The molecule has 1 aromatic rings. The van der Waals surface area contributed by atoms with Gasteiger partial charge in [-0.2, -0.15) is 0 Å². The summed E-state index contributed by atoms with van der Waals surface area (Å²) in [5.41, 5.74) is 2.88. The molecule has 0 N–H and O–H groups in total. The zero-order chi connectivity index (χ0) is 10.2. The summed E-state index contributed by atoms with van der Waals surface area (Å²) in [6, 6.07) is 2.25. The van der Waals surface area contributed by atoms with Crippen molar-refractivity contribution in [2.75, 3.05) is 19.1 Å². The predicted octanol–water partition coefficient (Wildman–Crippen LogP) is 2.29. The fourth-order valence-corrected chi connectivity index (χ4v) is 1.47. The zero-order valence-corrected chi connectivity index (χ0v) is 9.55. The highest BCUT2D eigenvalue weighted by Crippen LogP contribution is 2.24. The van der Waals surface area contributed by atoms with Gasteiger partial charge in [0.15, 0.2) is 0 Å². The molecule has 0 aliphatic rings. The van der Waals surface area contributed by atoms with Crippen LogP contribution in [-0.4, -0.2) is 18.8 Å². The summed E-state index contributed by atoms with van der Waals surface area (Å²) in [6.07, 6.45) is 2.17. The molecule has 0 atom stereocenters. The van der Waals surface area contributed by atoms with Crippen LogP contribution in [0.3, 0.4) is 0 Å². The van der Waals surface area contributed by atoms with Crippen LogP contribution in [0.5, 0.6) is 0 Å². The predicted molar refractivity (Wildman–Crippen MR) is 57.9 cm³/mol. The molecule has 13 heavy (non-hydrogen) atoms. The Hall–Kier alpha value is -0.920. The van der Waals surface area contributed by atoms with Gasteiger partial charge in [0.25, 0.3) is 0 Å². The molecule has 2 heteroatoms. The number of hydrogen-bond acceptors (Lipinski definition) is 1. The van der Waals surface area contributed by atoms with Gasteiger partial charge >= 0.3 is 0 Å². The van der Waals surface area contributed by atoms with Crippen LogP contribution in [0.1, 0.15) is 32.0 Å². The average Bonchev–Trinajstić information content (AvgIpc) is 2.29. The van der Waals surface area contributed by atoms with Gasteiger partial charge in [-0.05, 0) is 18.6 Å². The van der Waals surface area contributed by atoms with E-state index in [1.807, 2.05) is 0 Å². The zero-order valence-electron chi connectivity index (χ0n) is 9.55. The Morgan fingerprint density at radius 1 is 1.23 bits per heavy atom. The van der Waals surface area contributed by atoms with Gasteiger partial charge in [0, 0.05) is 31.4 Å². The van der Waals surface area contributed by atoms with Gasteiger partial charge < -0.3 is 5.01 Å². The molecule has 0 amide bonds. The Bertz CT molecular complexity index is 290. The molecule has 0 spiro atoms. The maximum atomic E-state index is 2.25. The smallest absolute Gasteiger partial charge is 0.0452 e. The number of aromatic nitrogens is 1. The normalized spacial score (nSPS) is 11.8. The molecule has 0 aliphatic carbocycles. The third-order valence-electron chi connectivity index (χ3n) is 2.14. The Kier molecular flexibility index (Phi) is 2.42. The van der Waals surface area contributed by atoms with Crippen LogP contribution in [0.15, 0.2) is 12.3 Å². The lowest BCUT2D eigenvalue weighted by atomic mass is 9.92. The van der Waals surface area contributed by atoms with Crippen LogP contribution in [0.2, 0.25) is 0 Å². The van der Waals surface area contributed by atoms with Crippen molar-refractivity contribution in [3.8, 4) is 0 Å². The van der Waals surface area contributed by atoms with E-state index in [1.165, 1.54) is 11.3 Å². The summed E-state index contributed by atoms with van der Waals surface area (Å²) >= 11 is 0. The lowest BCUT2D eigenvalue weighted by molar-refractivity contribution is 0.522. The lowest BCUT2D eigenvalue weighted by Gasteiger charge is -2.25. The van der Waals surface area contributed by atoms with Gasteiger partial charge in [0.2, 0.25) is 0 Å². The molecule has 0 saturated heterocycles. The number of aryl methyl sites for hydroxylation is 1. The largest absolute Gasteiger partial charge is 0.319 e. The highest BCUT2D eigenvalue weighted by Gasteiger charge is 2.19. The molecule has 0 unspecified atom stereocenters. The number of hydrogen-bond donors (Lipinski definition) is 0. The van der Waals surface area contributed by atoms with Crippen LogP contribution in [-0.2, 0) is 5.41 Å². The Morgan fingerprint density at radius 3 is 2.08 bits per heavy atom. The van der Waals surface area contributed by atoms with Crippen molar-refractivity contribution in [1.82, 2.24) is 4.68 Å². The van der Waals surface area contributed by atoms with E-state index in [2.05, 4.69) is 63.7 Å². The van der Waals surface area contributed by atoms with Crippen LogP contribution in [0, 0.1) is 6.92 Å². The third kappa shape index (κ3) is 2.06. The molecule has 0 bridgehead atoms. The van der Waals surface area contributed by atoms with E-state index in [-0.39, 0.29) is 5.41 Å². The standard InChI is InChI=1S/C11H20N2/c1-9-7-10(11(2,3)4)13(8-9)12(5)6/h7-8H,1-6H3. The van der Waals surface area contributed by atoms with Gasteiger partial charge in [0.1, 0.15) is 0 Å². The van der Waals surface area contributed by atoms with Crippen molar-refractivity contribution >= 4 is 0 Å². The number of rotatable bonds is 1. The van der Waals surface area contributed by atoms with Crippen molar-refractivity contribution in [2.45, 2.75) is 33.1 Å². The second-order valence-corrected chi connectivity index (χ2v) is 4.84. The van der Waals surface area contributed by atoms with Crippen molar-refractivity contribution in [3.05, 3.63) is 23.5 Å². The molecule has 0 aromatic carbocycles. The fraction of sp³-hybridized carbons (Fsp3) is 0.636. The molecule has 74 valence electrons. The van der Waals surface area contributed by atoms with E-state index in [9.17, 15) is 0 Å². The molecule has 1 heterocycles. The minimum absolute atomic E-state index is 0.207. The first-order chi connectivity index (χ1) is 5.82. The maximum Gasteiger partial charge on any atom is 0.0452 e. The van der Waals surface area contributed by atoms with Crippen LogP contribution >= 0.6 is 0 Å². The van der Waals surface area contributed by atoms with E-state index in [0.717, 1.165) is 0 Å². The summed E-state index contributed by atoms with van der Waals surface area (Å²) in [5.74, 6) is 0. The summed E-state index contributed by atoms with van der Waals surface area (Å²) < 4.78 is 2.20. The first-order valence-corrected chi connectivity index (χ1v) is 4.69. The van der Waals surface area contributed by atoms with Crippen LogP contribution in [0.4, 0.5) is 0 Å². The van der Waals surface area contributed by atoms with Crippen LogP contribution < -0.4 is 5.01 Å². The second-order valence-electron chi connectivity index (χ2n) is 4.84. The van der Waals surface area contributed by atoms with Crippen molar-refractivity contribution in [3.63, 3.8) is 0 Å². The van der Waals surface area contributed by atoms with E-state index in [4.69, 9.17) is 0 Å².